The van der Waals surface area contributed by atoms with Gasteiger partial charge in [0.2, 0.25) is 6.79 Å². The molecule has 0 bridgehead atoms. The van der Waals surface area contributed by atoms with E-state index in [0.717, 1.165) is 23.1 Å². The number of hydrogen-bond donors (Lipinski definition) is 1. The first kappa shape index (κ1) is 16.4. The number of hydrogen-bond acceptors (Lipinski definition) is 4. The quantitative estimate of drug-likeness (QED) is 0.766. The normalized spacial score (nSPS) is 12.7. The molecule has 0 saturated heterocycles. The molecule has 0 aliphatic carbocycles. The summed E-state index contributed by atoms with van der Waals surface area (Å²) in [6, 6.07) is 13.3. The molecule has 1 N–H and O–H groups in total. The van der Waals surface area contributed by atoms with E-state index < -0.39 is 0 Å². The Morgan fingerprint density at radius 1 is 1.19 bits per heavy atom. The molecule has 0 unspecified atom stereocenters. The third-order valence-electron chi connectivity index (χ3n) is 4.32. The number of para-hydroxylation sites is 1. The summed E-state index contributed by atoms with van der Waals surface area (Å²) in [5, 5.41) is 8.73. The van der Waals surface area contributed by atoms with Crippen molar-refractivity contribution in [3.63, 3.8) is 0 Å². The third-order valence-corrected chi connectivity index (χ3v) is 4.32. The maximum atomic E-state index is 12.5. The van der Waals surface area contributed by atoms with Gasteiger partial charge in [0, 0.05) is 17.5 Å². The highest BCUT2D eigenvalue weighted by molar-refractivity contribution is 5.95. The van der Waals surface area contributed by atoms with Crippen LogP contribution < -0.4 is 14.8 Å². The lowest BCUT2D eigenvalue weighted by Crippen LogP contribution is -2.23. The highest BCUT2D eigenvalue weighted by Gasteiger charge is 2.17. The largest absolute Gasteiger partial charge is 0.454 e. The molecular formula is C20H21N3O3. The van der Waals surface area contributed by atoms with Crippen molar-refractivity contribution in [1.82, 2.24) is 15.1 Å². The molecule has 2 heterocycles. The molecular weight excluding hydrogens is 330 g/mol. The van der Waals surface area contributed by atoms with Crippen LogP contribution in [0.15, 0.2) is 42.5 Å². The van der Waals surface area contributed by atoms with Crippen molar-refractivity contribution in [2.75, 3.05) is 6.79 Å². The molecule has 4 rings (SSSR count). The molecule has 0 radical (unpaired) electrons. The summed E-state index contributed by atoms with van der Waals surface area (Å²) >= 11 is 0. The van der Waals surface area contributed by atoms with Gasteiger partial charge in [-0.3, -0.25) is 9.48 Å². The highest BCUT2D eigenvalue weighted by atomic mass is 16.7. The number of rotatable bonds is 5. The van der Waals surface area contributed by atoms with Crippen molar-refractivity contribution < 1.29 is 14.3 Å². The maximum absolute atomic E-state index is 12.5. The average Bonchev–Trinajstić information content (AvgIpc) is 3.23. The van der Waals surface area contributed by atoms with Crippen LogP contribution in [-0.4, -0.2) is 22.5 Å². The lowest BCUT2D eigenvalue weighted by atomic mass is 10.1. The van der Waals surface area contributed by atoms with Crippen LogP contribution in [0.3, 0.4) is 0 Å². The van der Waals surface area contributed by atoms with Gasteiger partial charge in [-0.25, -0.2) is 0 Å². The summed E-state index contributed by atoms with van der Waals surface area (Å²) in [7, 11) is 0. The Labute approximate surface area is 151 Å². The standard InChI is InChI=1S/C20H21N3O3/c1-13(2)11-23-17-6-4-3-5-15(17)16(22-23)10-21-20(24)14-7-8-18-19(9-14)26-12-25-18/h3-9,13H,10-12H2,1-2H3,(H,21,24). The van der Waals surface area contributed by atoms with Crippen molar-refractivity contribution in [2.45, 2.75) is 26.9 Å². The molecule has 1 aliphatic heterocycles. The number of amides is 1. The fraction of sp³-hybridized carbons (Fsp3) is 0.300. The molecule has 1 aromatic heterocycles. The zero-order chi connectivity index (χ0) is 18.1. The van der Waals surface area contributed by atoms with E-state index in [0.29, 0.717) is 29.5 Å². The Bertz CT molecular complexity index is 962. The molecule has 3 aromatic rings. The molecule has 1 amide bonds. The molecule has 26 heavy (non-hydrogen) atoms. The summed E-state index contributed by atoms with van der Waals surface area (Å²) < 4.78 is 12.6. The van der Waals surface area contributed by atoms with Gasteiger partial charge in [0.05, 0.1) is 17.8 Å². The number of fused-ring (bicyclic) bond motifs is 2. The molecule has 134 valence electrons. The second-order valence-electron chi connectivity index (χ2n) is 6.79. The molecule has 6 heteroatoms. The lowest BCUT2D eigenvalue weighted by Gasteiger charge is -2.06. The first-order valence-corrected chi connectivity index (χ1v) is 8.74. The average molecular weight is 351 g/mol. The zero-order valence-corrected chi connectivity index (χ0v) is 14.9. The molecule has 0 spiro atoms. The maximum Gasteiger partial charge on any atom is 0.251 e. The Hall–Kier alpha value is -3.02. The fourth-order valence-corrected chi connectivity index (χ4v) is 3.12. The minimum Gasteiger partial charge on any atom is -0.454 e. The summed E-state index contributed by atoms with van der Waals surface area (Å²) in [4.78, 5) is 12.5. The Kier molecular flexibility index (Phi) is 4.24. The first-order valence-electron chi connectivity index (χ1n) is 8.74. The van der Waals surface area contributed by atoms with Crippen molar-refractivity contribution in [3.8, 4) is 11.5 Å². The number of benzene rings is 2. The van der Waals surface area contributed by atoms with Gasteiger partial charge in [-0.05, 0) is 30.2 Å². The van der Waals surface area contributed by atoms with Crippen LogP contribution >= 0.6 is 0 Å². The Balaban J connectivity index is 1.53. The van der Waals surface area contributed by atoms with Crippen LogP contribution in [0.2, 0.25) is 0 Å². The van der Waals surface area contributed by atoms with Crippen LogP contribution in [0.1, 0.15) is 29.9 Å². The topological polar surface area (TPSA) is 65.4 Å². The Morgan fingerprint density at radius 3 is 2.85 bits per heavy atom. The van der Waals surface area contributed by atoms with E-state index in [1.165, 1.54) is 0 Å². The zero-order valence-electron chi connectivity index (χ0n) is 14.9. The van der Waals surface area contributed by atoms with Gasteiger partial charge < -0.3 is 14.8 Å². The molecule has 6 nitrogen and oxygen atoms in total. The second kappa shape index (κ2) is 6.71. The molecule has 2 aromatic carbocycles. The van der Waals surface area contributed by atoms with E-state index in [2.05, 4.69) is 25.2 Å². The smallest absolute Gasteiger partial charge is 0.251 e. The van der Waals surface area contributed by atoms with Gasteiger partial charge in [-0.2, -0.15) is 5.10 Å². The van der Waals surface area contributed by atoms with Crippen LogP contribution in [-0.2, 0) is 13.1 Å². The van der Waals surface area contributed by atoms with Crippen molar-refractivity contribution >= 4 is 16.8 Å². The first-order chi connectivity index (χ1) is 12.6. The number of nitrogens with zero attached hydrogens (tertiary/aromatic N) is 2. The molecule has 0 saturated carbocycles. The van der Waals surface area contributed by atoms with Gasteiger partial charge in [-0.15, -0.1) is 0 Å². The van der Waals surface area contributed by atoms with E-state index in [4.69, 9.17) is 14.6 Å². The lowest BCUT2D eigenvalue weighted by molar-refractivity contribution is 0.0950. The fourth-order valence-electron chi connectivity index (χ4n) is 3.12. The number of ether oxygens (including phenoxy) is 2. The predicted octanol–water partition coefficient (Wildman–Crippen LogP) is 3.35. The predicted molar refractivity (Wildman–Crippen MR) is 98.3 cm³/mol. The van der Waals surface area contributed by atoms with Crippen LogP contribution in [0.4, 0.5) is 0 Å². The number of aromatic nitrogens is 2. The van der Waals surface area contributed by atoms with Gasteiger partial charge in [0.1, 0.15) is 0 Å². The summed E-state index contributed by atoms with van der Waals surface area (Å²) in [5.74, 6) is 1.60. The van der Waals surface area contributed by atoms with Gasteiger partial charge in [-0.1, -0.05) is 32.0 Å². The third kappa shape index (κ3) is 3.10. The minimum absolute atomic E-state index is 0.161. The second-order valence-corrected chi connectivity index (χ2v) is 6.79. The molecule has 0 fully saturated rings. The van der Waals surface area contributed by atoms with E-state index in [1.54, 1.807) is 18.2 Å². The van der Waals surface area contributed by atoms with Crippen LogP contribution in [0.5, 0.6) is 11.5 Å². The minimum atomic E-state index is -0.161. The Morgan fingerprint density at radius 2 is 2.00 bits per heavy atom. The SMILES string of the molecule is CC(C)Cn1nc(CNC(=O)c2ccc3c(c2)OCO3)c2ccccc21. The number of carbonyl (C=O) groups is 1. The van der Waals surface area contributed by atoms with E-state index in [-0.39, 0.29) is 12.7 Å². The molecule has 1 aliphatic rings. The van der Waals surface area contributed by atoms with E-state index in [1.807, 2.05) is 22.9 Å². The van der Waals surface area contributed by atoms with E-state index >= 15 is 0 Å². The van der Waals surface area contributed by atoms with Crippen molar-refractivity contribution in [2.24, 2.45) is 5.92 Å². The summed E-state index contributed by atoms with van der Waals surface area (Å²) in [6.07, 6.45) is 0. The van der Waals surface area contributed by atoms with Crippen molar-refractivity contribution in [1.29, 1.82) is 0 Å². The monoisotopic (exact) mass is 351 g/mol. The van der Waals surface area contributed by atoms with Crippen LogP contribution in [0.25, 0.3) is 10.9 Å². The summed E-state index contributed by atoms with van der Waals surface area (Å²) in [5.41, 5.74) is 2.50. The highest BCUT2D eigenvalue weighted by Crippen LogP contribution is 2.32. The molecule has 0 atom stereocenters. The van der Waals surface area contributed by atoms with Gasteiger partial charge in [0.25, 0.3) is 5.91 Å². The van der Waals surface area contributed by atoms with Gasteiger partial charge in [0.15, 0.2) is 11.5 Å². The number of carbonyl (C=O) groups excluding carboxylic acids is 1. The van der Waals surface area contributed by atoms with Gasteiger partial charge >= 0.3 is 0 Å². The van der Waals surface area contributed by atoms with E-state index in [9.17, 15) is 4.79 Å². The number of nitrogens with one attached hydrogen (secondary N) is 1. The van der Waals surface area contributed by atoms with Crippen LogP contribution in [0, 0.1) is 5.92 Å². The van der Waals surface area contributed by atoms with Crippen molar-refractivity contribution in [3.05, 3.63) is 53.7 Å². The summed E-state index contributed by atoms with van der Waals surface area (Å²) in [6.45, 7) is 5.74.